The van der Waals surface area contributed by atoms with Crippen molar-refractivity contribution < 1.29 is 8.42 Å². The van der Waals surface area contributed by atoms with Crippen molar-refractivity contribution in [3.05, 3.63) is 46.8 Å². The standard InChI is InChI=1S/C13H13N3O2S2/c1-16(9-10-2-4-11(15)5-3-10)20(17,18)13-7-6-12(8-14)19-13/h2-7H,9,15H2,1H3. The van der Waals surface area contributed by atoms with Crippen LogP contribution >= 0.6 is 11.3 Å². The number of nitrogen functional groups attached to an aromatic ring is 1. The number of hydrogen-bond donors (Lipinski definition) is 1. The summed E-state index contributed by atoms with van der Waals surface area (Å²) >= 11 is 0.970. The van der Waals surface area contributed by atoms with Gasteiger partial charge in [-0.1, -0.05) is 12.1 Å². The molecule has 1 aromatic heterocycles. The lowest BCUT2D eigenvalue weighted by molar-refractivity contribution is 0.468. The molecule has 0 aliphatic carbocycles. The van der Waals surface area contributed by atoms with Crippen molar-refractivity contribution in [2.45, 2.75) is 10.8 Å². The molecule has 0 unspecified atom stereocenters. The van der Waals surface area contributed by atoms with Gasteiger partial charge in [0.25, 0.3) is 10.0 Å². The van der Waals surface area contributed by atoms with Crippen LogP contribution in [0.2, 0.25) is 0 Å². The van der Waals surface area contributed by atoms with E-state index in [0.717, 1.165) is 16.9 Å². The van der Waals surface area contributed by atoms with Crippen LogP contribution in [0.3, 0.4) is 0 Å². The quantitative estimate of drug-likeness (QED) is 0.875. The Labute approximate surface area is 121 Å². The van der Waals surface area contributed by atoms with Crippen LogP contribution in [0.5, 0.6) is 0 Å². The molecule has 0 spiro atoms. The van der Waals surface area contributed by atoms with E-state index in [-0.39, 0.29) is 10.8 Å². The fourth-order valence-electron chi connectivity index (χ4n) is 1.64. The number of nitriles is 1. The highest BCUT2D eigenvalue weighted by Gasteiger charge is 2.22. The highest BCUT2D eigenvalue weighted by atomic mass is 32.2. The van der Waals surface area contributed by atoms with Crippen molar-refractivity contribution in [1.82, 2.24) is 4.31 Å². The Kier molecular flexibility index (Phi) is 4.09. The second-order valence-electron chi connectivity index (χ2n) is 4.23. The molecule has 20 heavy (non-hydrogen) atoms. The van der Waals surface area contributed by atoms with Gasteiger partial charge in [0.05, 0.1) is 0 Å². The van der Waals surface area contributed by atoms with Crippen molar-refractivity contribution in [2.75, 3.05) is 12.8 Å². The Morgan fingerprint density at radius 3 is 2.45 bits per heavy atom. The van der Waals surface area contributed by atoms with Crippen LogP contribution in [0, 0.1) is 11.3 Å². The van der Waals surface area contributed by atoms with E-state index in [2.05, 4.69) is 0 Å². The highest BCUT2D eigenvalue weighted by molar-refractivity contribution is 7.91. The van der Waals surface area contributed by atoms with Crippen molar-refractivity contribution in [3.8, 4) is 6.07 Å². The van der Waals surface area contributed by atoms with Gasteiger partial charge in [-0.2, -0.15) is 9.57 Å². The Balaban J connectivity index is 2.21. The molecule has 0 fully saturated rings. The molecule has 0 aliphatic rings. The third kappa shape index (κ3) is 2.99. The lowest BCUT2D eigenvalue weighted by atomic mass is 10.2. The maximum atomic E-state index is 12.3. The molecule has 5 nitrogen and oxygen atoms in total. The fourth-order valence-corrected chi connectivity index (χ4v) is 4.11. The number of thiophene rings is 1. The molecule has 0 amide bonds. The molecule has 0 saturated heterocycles. The predicted octanol–water partition coefficient (Wildman–Crippen LogP) is 2.02. The van der Waals surface area contributed by atoms with Gasteiger partial charge in [-0.15, -0.1) is 11.3 Å². The summed E-state index contributed by atoms with van der Waals surface area (Å²) in [7, 11) is -2.06. The van der Waals surface area contributed by atoms with Crippen molar-refractivity contribution in [1.29, 1.82) is 5.26 Å². The van der Waals surface area contributed by atoms with E-state index in [1.807, 2.05) is 6.07 Å². The zero-order chi connectivity index (χ0) is 14.8. The molecule has 2 aromatic rings. The molecule has 0 bridgehead atoms. The van der Waals surface area contributed by atoms with E-state index >= 15 is 0 Å². The first-order valence-electron chi connectivity index (χ1n) is 5.74. The van der Waals surface area contributed by atoms with Crippen LogP contribution < -0.4 is 5.73 Å². The van der Waals surface area contributed by atoms with Crippen LogP contribution in [-0.2, 0) is 16.6 Å². The molecule has 0 saturated carbocycles. The number of anilines is 1. The normalized spacial score (nSPS) is 11.4. The summed E-state index contributed by atoms with van der Waals surface area (Å²) in [5, 5.41) is 8.76. The van der Waals surface area contributed by atoms with Crippen LogP contribution in [0.25, 0.3) is 0 Å². The van der Waals surface area contributed by atoms with E-state index in [1.54, 1.807) is 24.3 Å². The van der Waals surface area contributed by atoms with Gasteiger partial charge in [-0.05, 0) is 29.8 Å². The molecule has 2 rings (SSSR count). The summed E-state index contributed by atoms with van der Waals surface area (Å²) in [6.07, 6.45) is 0. The summed E-state index contributed by atoms with van der Waals surface area (Å²) in [6.45, 7) is 0.252. The molecular weight excluding hydrogens is 294 g/mol. The van der Waals surface area contributed by atoms with Gasteiger partial charge in [-0.25, -0.2) is 8.42 Å². The lowest BCUT2D eigenvalue weighted by Gasteiger charge is -2.16. The first-order chi connectivity index (χ1) is 9.43. The molecule has 0 aliphatic heterocycles. The minimum absolute atomic E-state index is 0.173. The largest absolute Gasteiger partial charge is 0.399 e. The summed E-state index contributed by atoms with van der Waals surface area (Å²) < 4.78 is 26.1. The molecule has 7 heteroatoms. The molecular formula is C13H13N3O2S2. The average Bonchev–Trinajstić information content (AvgIpc) is 2.90. The number of benzene rings is 1. The third-order valence-corrected chi connectivity index (χ3v) is 6.00. The molecule has 1 aromatic carbocycles. The first-order valence-corrected chi connectivity index (χ1v) is 8.00. The van der Waals surface area contributed by atoms with Gasteiger partial charge >= 0.3 is 0 Å². The van der Waals surface area contributed by atoms with Crippen molar-refractivity contribution in [3.63, 3.8) is 0 Å². The molecule has 0 radical (unpaired) electrons. The number of sulfonamides is 1. The van der Waals surface area contributed by atoms with Crippen LogP contribution in [0.1, 0.15) is 10.4 Å². The summed E-state index contributed by atoms with van der Waals surface area (Å²) in [6, 6.07) is 11.9. The second-order valence-corrected chi connectivity index (χ2v) is 7.59. The Bertz CT molecular complexity index is 743. The SMILES string of the molecule is CN(Cc1ccc(N)cc1)S(=O)(=O)c1ccc(C#N)s1. The van der Waals surface area contributed by atoms with E-state index in [9.17, 15) is 8.42 Å². The maximum absolute atomic E-state index is 12.3. The van der Waals surface area contributed by atoms with Gasteiger partial charge in [0.1, 0.15) is 15.2 Å². The van der Waals surface area contributed by atoms with Gasteiger partial charge in [-0.3, -0.25) is 0 Å². The molecule has 2 N–H and O–H groups in total. The number of nitrogens with two attached hydrogens (primary N) is 1. The predicted molar refractivity (Wildman–Crippen MR) is 78.5 cm³/mol. The third-order valence-electron chi connectivity index (χ3n) is 2.74. The van der Waals surface area contributed by atoms with Gasteiger partial charge in [0.15, 0.2) is 0 Å². The summed E-state index contributed by atoms with van der Waals surface area (Å²) in [5.41, 5.74) is 7.08. The monoisotopic (exact) mass is 307 g/mol. The molecule has 1 heterocycles. The smallest absolute Gasteiger partial charge is 0.252 e. The van der Waals surface area contributed by atoms with Crippen LogP contribution in [0.4, 0.5) is 5.69 Å². The second kappa shape index (κ2) is 5.63. The number of rotatable bonds is 4. The van der Waals surface area contributed by atoms with Crippen LogP contribution in [-0.4, -0.2) is 19.8 Å². The summed E-state index contributed by atoms with van der Waals surface area (Å²) in [4.78, 5) is 0.379. The zero-order valence-electron chi connectivity index (χ0n) is 10.8. The van der Waals surface area contributed by atoms with Crippen molar-refractivity contribution in [2.24, 2.45) is 0 Å². The van der Waals surface area contributed by atoms with E-state index < -0.39 is 10.0 Å². The molecule has 104 valence electrons. The Morgan fingerprint density at radius 2 is 1.90 bits per heavy atom. The number of hydrogen-bond acceptors (Lipinski definition) is 5. The van der Waals surface area contributed by atoms with Crippen LogP contribution in [0.15, 0.2) is 40.6 Å². The first kappa shape index (κ1) is 14.5. The summed E-state index contributed by atoms with van der Waals surface area (Å²) in [5.74, 6) is 0. The molecule has 0 atom stereocenters. The highest BCUT2D eigenvalue weighted by Crippen LogP contribution is 2.24. The average molecular weight is 307 g/mol. The maximum Gasteiger partial charge on any atom is 0.252 e. The Morgan fingerprint density at radius 1 is 1.25 bits per heavy atom. The van der Waals surface area contributed by atoms with Crippen molar-refractivity contribution >= 4 is 27.0 Å². The van der Waals surface area contributed by atoms with E-state index in [0.29, 0.717) is 10.6 Å². The van der Waals surface area contributed by atoms with Gasteiger partial charge in [0, 0.05) is 19.3 Å². The van der Waals surface area contributed by atoms with E-state index in [4.69, 9.17) is 11.0 Å². The number of nitrogens with zero attached hydrogens (tertiary/aromatic N) is 2. The minimum atomic E-state index is -3.57. The Hall–Kier alpha value is -1.88. The zero-order valence-corrected chi connectivity index (χ0v) is 12.4. The van der Waals surface area contributed by atoms with Gasteiger partial charge < -0.3 is 5.73 Å². The van der Waals surface area contributed by atoms with Gasteiger partial charge in [0.2, 0.25) is 0 Å². The topological polar surface area (TPSA) is 87.2 Å². The lowest BCUT2D eigenvalue weighted by Crippen LogP contribution is -2.25. The van der Waals surface area contributed by atoms with E-state index in [1.165, 1.54) is 23.5 Å². The fraction of sp³-hybridized carbons (Fsp3) is 0.154. The minimum Gasteiger partial charge on any atom is -0.399 e.